The fraction of sp³-hybridized carbons (Fsp3) is 0.476. The molecule has 5 N–H and O–H groups in total. The van der Waals surface area contributed by atoms with Crippen LogP contribution < -0.4 is 10.6 Å². The van der Waals surface area contributed by atoms with E-state index in [1.165, 1.54) is 12.1 Å². The molecule has 0 aliphatic rings. The van der Waals surface area contributed by atoms with Crippen molar-refractivity contribution >= 4 is 28.3 Å². The number of aliphatic hydroxyl groups is 2. The molecule has 0 spiro atoms. The van der Waals surface area contributed by atoms with E-state index in [1.54, 1.807) is 5.38 Å². The van der Waals surface area contributed by atoms with Crippen LogP contribution in [0.5, 0.6) is 5.75 Å². The summed E-state index contributed by atoms with van der Waals surface area (Å²) in [5.74, 6) is -1.29. The van der Waals surface area contributed by atoms with E-state index < -0.39 is 5.91 Å². The third-order valence-electron chi connectivity index (χ3n) is 4.84. The van der Waals surface area contributed by atoms with Crippen LogP contribution in [-0.2, 0) is 13.2 Å². The summed E-state index contributed by atoms with van der Waals surface area (Å²) in [6, 6.07) is 3.28. The Morgan fingerprint density at radius 1 is 1.06 bits per heavy atom. The Bertz CT molecular complexity index is 905. The normalized spacial score (nSPS) is 11.4. The van der Waals surface area contributed by atoms with Crippen LogP contribution >= 0.6 is 11.3 Å². The molecule has 2 rings (SSSR count). The van der Waals surface area contributed by atoms with Crippen molar-refractivity contribution in [3.8, 4) is 5.75 Å². The second-order valence-electron chi connectivity index (χ2n) is 7.63. The Morgan fingerprint density at radius 3 is 2.26 bits per heavy atom. The number of amides is 2. The number of aliphatic hydroxyl groups excluding tert-OH is 2. The van der Waals surface area contributed by atoms with Crippen molar-refractivity contribution in [1.82, 2.24) is 15.2 Å². The molecule has 1 heterocycles. The van der Waals surface area contributed by atoms with E-state index in [9.17, 15) is 24.9 Å². The van der Waals surface area contributed by atoms with Crippen molar-refractivity contribution in [1.29, 1.82) is 0 Å². The number of aromatic nitrogens is 1. The molecule has 1 aromatic carbocycles. The summed E-state index contributed by atoms with van der Waals surface area (Å²) >= 11 is 1.09. The number of nitrogens with one attached hydrogen (secondary N) is 2. The average Bonchev–Trinajstić information content (AvgIpc) is 3.18. The molecule has 170 valence electrons. The maximum Gasteiger partial charge on any atom is 0.270 e. The van der Waals surface area contributed by atoms with Gasteiger partial charge in [0.15, 0.2) is 5.13 Å². The molecule has 0 atom stereocenters. The molecule has 0 saturated carbocycles. The zero-order valence-electron chi connectivity index (χ0n) is 18.2. The Hall–Kier alpha value is -2.53. The fourth-order valence-corrected chi connectivity index (χ4v) is 3.94. The molecule has 0 radical (unpaired) electrons. The molecule has 0 aliphatic carbocycles. The molecule has 1 aromatic heterocycles. The van der Waals surface area contributed by atoms with Crippen LogP contribution in [0.25, 0.3) is 0 Å². The first-order valence-corrected chi connectivity index (χ1v) is 10.9. The standard InChI is InChI=1S/C21H30N4O5S/c1-12(2)25(13(3)4)6-5-22-20(30)17-11-31-21(23-17)24-19(29)16-7-14(9-26)15(10-27)8-18(16)28/h7-8,11-13,26-28H,5-6,9-10H2,1-4H3,(H,22,30)(H,23,24,29). The molecule has 9 nitrogen and oxygen atoms in total. The van der Waals surface area contributed by atoms with Gasteiger partial charge in [0.1, 0.15) is 11.4 Å². The molecular weight excluding hydrogens is 420 g/mol. The van der Waals surface area contributed by atoms with Crippen molar-refractivity contribution in [2.45, 2.75) is 53.0 Å². The quantitative estimate of drug-likeness (QED) is 0.373. The smallest absolute Gasteiger partial charge is 0.270 e. The number of phenolic OH excluding ortho intramolecular Hbond substituents is 1. The highest BCUT2D eigenvalue weighted by atomic mass is 32.1. The molecule has 0 fully saturated rings. The Balaban J connectivity index is 2.00. The highest BCUT2D eigenvalue weighted by Gasteiger charge is 2.18. The van der Waals surface area contributed by atoms with Crippen molar-refractivity contribution in [2.75, 3.05) is 18.4 Å². The van der Waals surface area contributed by atoms with Gasteiger partial charge in [0.2, 0.25) is 0 Å². The van der Waals surface area contributed by atoms with E-state index >= 15 is 0 Å². The number of hydrogen-bond acceptors (Lipinski definition) is 8. The average molecular weight is 451 g/mol. The lowest BCUT2D eigenvalue weighted by molar-refractivity contribution is 0.0934. The highest BCUT2D eigenvalue weighted by molar-refractivity contribution is 7.14. The maximum absolute atomic E-state index is 12.5. The molecule has 10 heteroatoms. The van der Waals surface area contributed by atoms with Crippen molar-refractivity contribution < 1.29 is 24.9 Å². The van der Waals surface area contributed by atoms with Crippen LogP contribution in [0.3, 0.4) is 0 Å². The van der Waals surface area contributed by atoms with Gasteiger partial charge in [-0.05, 0) is 51.0 Å². The summed E-state index contributed by atoms with van der Waals surface area (Å²) < 4.78 is 0. The lowest BCUT2D eigenvalue weighted by Crippen LogP contribution is -2.42. The van der Waals surface area contributed by atoms with Gasteiger partial charge in [-0.2, -0.15) is 0 Å². The first kappa shape index (κ1) is 24.7. The van der Waals surface area contributed by atoms with Crippen molar-refractivity contribution in [3.05, 3.63) is 39.9 Å². The van der Waals surface area contributed by atoms with Crippen LogP contribution in [0.4, 0.5) is 5.13 Å². The van der Waals surface area contributed by atoms with Crippen molar-refractivity contribution in [3.63, 3.8) is 0 Å². The number of anilines is 1. The minimum Gasteiger partial charge on any atom is -0.507 e. The number of nitrogens with zero attached hydrogens (tertiary/aromatic N) is 2. The highest BCUT2D eigenvalue weighted by Crippen LogP contribution is 2.25. The van der Waals surface area contributed by atoms with Gasteiger partial charge < -0.3 is 20.6 Å². The SMILES string of the molecule is CC(C)N(CCNC(=O)c1csc(NC(=O)c2cc(CO)c(CO)cc2O)n1)C(C)C. The molecule has 0 bridgehead atoms. The van der Waals surface area contributed by atoms with Gasteiger partial charge in [0.25, 0.3) is 11.8 Å². The van der Waals surface area contributed by atoms with E-state index in [0.717, 1.165) is 11.3 Å². The largest absolute Gasteiger partial charge is 0.507 e. The molecule has 2 aromatic rings. The summed E-state index contributed by atoms with van der Waals surface area (Å²) in [6.45, 7) is 8.86. The number of phenols is 1. The van der Waals surface area contributed by atoms with E-state index in [2.05, 4.69) is 48.2 Å². The Morgan fingerprint density at radius 2 is 1.68 bits per heavy atom. The van der Waals surface area contributed by atoms with E-state index in [4.69, 9.17) is 0 Å². The number of thiazole rings is 1. The Kier molecular flexibility index (Phi) is 8.93. The summed E-state index contributed by atoms with van der Waals surface area (Å²) in [5.41, 5.74) is 0.793. The van der Waals surface area contributed by atoms with Crippen LogP contribution in [0.1, 0.15) is 59.7 Å². The summed E-state index contributed by atoms with van der Waals surface area (Å²) in [4.78, 5) is 31.3. The second-order valence-corrected chi connectivity index (χ2v) is 8.49. The number of carbonyl (C=O) groups is 2. The summed E-state index contributed by atoms with van der Waals surface area (Å²) in [6.07, 6.45) is 0. The lowest BCUT2D eigenvalue weighted by Gasteiger charge is -2.30. The van der Waals surface area contributed by atoms with E-state index in [-0.39, 0.29) is 41.3 Å². The number of carbonyl (C=O) groups excluding carboxylic acids is 2. The zero-order valence-corrected chi connectivity index (χ0v) is 19.0. The van der Waals surface area contributed by atoms with Gasteiger partial charge in [-0.3, -0.25) is 19.8 Å². The molecular formula is C21H30N4O5S. The zero-order chi connectivity index (χ0) is 23.1. The van der Waals surface area contributed by atoms with Gasteiger partial charge in [-0.15, -0.1) is 11.3 Å². The van der Waals surface area contributed by atoms with Crippen LogP contribution in [0, 0.1) is 0 Å². The number of rotatable bonds is 10. The monoisotopic (exact) mass is 450 g/mol. The summed E-state index contributed by atoms with van der Waals surface area (Å²) in [7, 11) is 0. The number of benzene rings is 1. The topological polar surface area (TPSA) is 135 Å². The van der Waals surface area contributed by atoms with Crippen LogP contribution in [-0.4, -0.2) is 62.2 Å². The number of hydrogen-bond donors (Lipinski definition) is 5. The first-order valence-electron chi connectivity index (χ1n) is 10.0. The second kappa shape index (κ2) is 11.2. The van der Waals surface area contributed by atoms with Gasteiger partial charge >= 0.3 is 0 Å². The minimum absolute atomic E-state index is 0.0649. The third kappa shape index (κ3) is 6.47. The van der Waals surface area contributed by atoms with Gasteiger partial charge in [0.05, 0.1) is 18.8 Å². The van der Waals surface area contributed by atoms with E-state index in [1.807, 2.05) is 0 Å². The Labute approximate surface area is 185 Å². The predicted molar refractivity (Wildman–Crippen MR) is 119 cm³/mol. The van der Waals surface area contributed by atoms with Gasteiger partial charge in [-0.1, -0.05) is 0 Å². The van der Waals surface area contributed by atoms with Crippen LogP contribution in [0.15, 0.2) is 17.5 Å². The molecule has 2 amide bonds. The lowest BCUT2D eigenvalue weighted by atomic mass is 10.0. The van der Waals surface area contributed by atoms with Gasteiger partial charge in [-0.25, -0.2) is 4.98 Å². The molecule has 31 heavy (non-hydrogen) atoms. The molecule has 0 saturated heterocycles. The minimum atomic E-state index is -0.637. The maximum atomic E-state index is 12.5. The van der Waals surface area contributed by atoms with Crippen LogP contribution in [0.2, 0.25) is 0 Å². The van der Waals surface area contributed by atoms with Crippen molar-refractivity contribution in [2.24, 2.45) is 0 Å². The first-order chi connectivity index (χ1) is 14.7. The molecule has 0 aliphatic heterocycles. The van der Waals surface area contributed by atoms with E-state index in [0.29, 0.717) is 36.3 Å². The number of aromatic hydroxyl groups is 1. The molecule has 0 unspecified atom stereocenters. The van der Waals surface area contributed by atoms with Gasteiger partial charge in [0, 0.05) is 30.6 Å². The summed E-state index contributed by atoms with van der Waals surface area (Å²) in [5, 5.41) is 35.8. The predicted octanol–water partition coefficient (Wildman–Crippen LogP) is 1.93. The fourth-order valence-electron chi connectivity index (χ4n) is 3.25. The third-order valence-corrected chi connectivity index (χ3v) is 5.60.